The first-order valence-corrected chi connectivity index (χ1v) is 7.49. The van der Waals surface area contributed by atoms with Gasteiger partial charge in [-0.2, -0.15) is 0 Å². The van der Waals surface area contributed by atoms with E-state index >= 15 is 0 Å². The number of piperidine rings is 1. The molecule has 2 rings (SSSR count). The van der Waals surface area contributed by atoms with Crippen LogP contribution in [0, 0.1) is 6.92 Å². The minimum Gasteiger partial charge on any atom is -0.444 e. The van der Waals surface area contributed by atoms with E-state index in [4.69, 9.17) is 4.74 Å². The van der Waals surface area contributed by atoms with Crippen LogP contribution in [-0.4, -0.2) is 40.9 Å². The van der Waals surface area contributed by atoms with Gasteiger partial charge in [-0.15, -0.1) is 0 Å². The molecule has 1 aliphatic heterocycles. The summed E-state index contributed by atoms with van der Waals surface area (Å²) in [5, 5.41) is 10.4. The fraction of sp³-hybridized carbons (Fsp3) is 0.588. The topological polar surface area (TPSA) is 49.8 Å². The van der Waals surface area contributed by atoms with E-state index in [0.29, 0.717) is 13.1 Å². The average Bonchev–Trinajstić information content (AvgIpc) is 2.36. The SMILES string of the molecule is Cc1cccc([C@@H]2CCN(C(=O)OC(C)(C)C)C[C@H]2O)c1. The van der Waals surface area contributed by atoms with Gasteiger partial charge in [-0.1, -0.05) is 29.8 Å². The van der Waals surface area contributed by atoms with Gasteiger partial charge < -0.3 is 14.7 Å². The van der Waals surface area contributed by atoms with E-state index in [9.17, 15) is 9.90 Å². The maximum atomic E-state index is 12.0. The molecule has 1 N–H and O–H groups in total. The monoisotopic (exact) mass is 291 g/mol. The summed E-state index contributed by atoms with van der Waals surface area (Å²) in [5.41, 5.74) is 1.83. The first-order valence-electron chi connectivity index (χ1n) is 7.49. The van der Waals surface area contributed by atoms with Crippen LogP contribution >= 0.6 is 0 Å². The molecule has 4 heteroatoms. The Balaban J connectivity index is 2.01. The third-order valence-electron chi connectivity index (χ3n) is 3.70. The zero-order valence-electron chi connectivity index (χ0n) is 13.3. The number of likely N-dealkylation sites (tertiary alicyclic amines) is 1. The van der Waals surface area contributed by atoms with Crippen molar-refractivity contribution in [2.45, 2.75) is 51.7 Å². The summed E-state index contributed by atoms with van der Waals surface area (Å²) in [7, 11) is 0. The van der Waals surface area contributed by atoms with Crippen LogP contribution in [-0.2, 0) is 4.74 Å². The van der Waals surface area contributed by atoms with Crippen LogP contribution in [0.25, 0.3) is 0 Å². The Hall–Kier alpha value is -1.55. The Labute approximate surface area is 126 Å². The first kappa shape index (κ1) is 15.8. The van der Waals surface area contributed by atoms with E-state index in [1.165, 1.54) is 5.56 Å². The molecule has 21 heavy (non-hydrogen) atoms. The number of hydrogen-bond donors (Lipinski definition) is 1. The molecule has 0 saturated carbocycles. The predicted octanol–water partition coefficient (Wildman–Crippen LogP) is 3.08. The summed E-state index contributed by atoms with van der Waals surface area (Å²) >= 11 is 0. The lowest BCUT2D eigenvalue weighted by molar-refractivity contribution is -0.00152. The normalized spacial score (nSPS) is 23.0. The fourth-order valence-electron chi connectivity index (χ4n) is 2.71. The van der Waals surface area contributed by atoms with E-state index in [-0.39, 0.29) is 12.0 Å². The maximum absolute atomic E-state index is 12.0. The van der Waals surface area contributed by atoms with Crippen molar-refractivity contribution in [2.75, 3.05) is 13.1 Å². The highest BCUT2D eigenvalue weighted by Gasteiger charge is 2.33. The number of aliphatic hydroxyl groups excluding tert-OH is 1. The number of aliphatic hydroxyl groups is 1. The number of nitrogens with zero attached hydrogens (tertiary/aromatic N) is 1. The van der Waals surface area contributed by atoms with Gasteiger partial charge in [0.1, 0.15) is 5.60 Å². The summed E-state index contributed by atoms with van der Waals surface area (Å²) in [5.74, 6) is 0.0867. The van der Waals surface area contributed by atoms with Crippen LogP contribution in [0.2, 0.25) is 0 Å². The molecular weight excluding hydrogens is 266 g/mol. The zero-order chi connectivity index (χ0) is 15.6. The van der Waals surface area contributed by atoms with Crippen molar-refractivity contribution >= 4 is 6.09 Å². The molecule has 0 aromatic heterocycles. The lowest BCUT2D eigenvalue weighted by Gasteiger charge is -2.37. The van der Waals surface area contributed by atoms with Gasteiger partial charge in [-0.05, 0) is 39.7 Å². The summed E-state index contributed by atoms with van der Waals surface area (Å²) in [4.78, 5) is 13.6. The number of β-amino-alcohol motifs (C(OH)–C–C–N with tert-alkyl or cyclic N) is 1. The number of rotatable bonds is 1. The van der Waals surface area contributed by atoms with Crippen molar-refractivity contribution in [1.82, 2.24) is 4.90 Å². The molecule has 1 aromatic rings. The van der Waals surface area contributed by atoms with Gasteiger partial charge in [0.15, 0.2) is 0 Å². The third-order valence-corrected chi connectivity index (χ3v) is 3.70. The molecule has 1 aromatic carbocycles. The average molecular weight is 291 g/mol. The molecule has 116 valence electrons. The van der Waals surface area contributed by atoms with Crippen molar-refractivity contribution in [3.05, 3.63) is 35.4 Å². The Morgan fingerprint density at radius 2 is 2.10 bits per heavy atom. The molecule has 0 unspecified atom stereocenters. The molecule has 1 fully saturated rings. The molecule has 2 atom stereocenters. The molecule has 1 amide bonds. The van der Waals surface area contributed by atoms with Gasteiger partial charge in [0.05, 0.1) is 12.6 Å². The number of benzene rings is 1. The van der Waals surface area contributed by atoms with Crippen LogP contribution in [0.15, 0.2) is 24.3 Å². The van der Waals surface area contributed by atoms with Gasteiger partial charge >= 0.3 is 6.09 Å². The molecule has 0 aliphatic carbocycles. The van der Waals surface area contributed by atoms with Crippen molar-refractivity contribution in [3.8, 4) is 0 Å². The fourth-order valence-corrected chi connectivity index (χ4v) is 2.71. The smallest absolute Gasteiger partial charge is 0.410 e. The number of aryl methyl sites for hydroxylation is 1. The van der Waals surface area contributed by atoms with Crippen molar-refractivity contribution in [2.24, 2.45) is 0 Å². The van der Waals surface area contributed by atoms with E-state index in [0.717, 1.165) is 12.0 Å². The van der Waals surface area contributed by atoms with Crippen LogP contribution in [0.1, 0.15) is 44.2 Å². The van der Waals surface area contributed by atoms with Crippen LogP contribution in [0.4, 0.5) is 4.79 Å². The quantitative estimate of drug-likeness (QED) is 0.865. The number of carbonyl (C=O) groups excluding carboxylic acids is 1. The van der Waals surface area contributed by atoms with Crippen molar-refractivity contribution < 1.29 is 14.6 Å². The molecule has 0 bridgehead atoms. The van der Waals surface area contributed by atoms with E-state index in [1.54, 1.807) is 4.90 Å². The van der Waals surface area contributed by atoms with Gasteiger partial charge in [0.2, 0.25) is 0 Å². The molecule has 1 aliphatic rings. The summed E-state index contributed by atoms with van der Waals surface area (Å²) in [6.45, 7) is 8.53. The van der Waals surface area contributed by atoms with E-state index < -0.39 is 11.7 Å². The molecule has 4 nitrogen and oxygen atoms in total. The van der Waals surface area contributed by atoms with Gasteiger partial charge in [-0.3, -0.25) is 0 Å². The highest BCUT2D eigenvalue weighted by atomic mass is 16.6. The summed E-state index contributed by atoms with van der Waals surface area (Å²) < 4.78 is 5.36. The highest BCUT2D eigenvalue weighted by molar-refractivity contribution is 5.68. The van der Waals surface area contributed by atoms with Crippen LogP contribution in [0.5, 0.6) is 0 Å². The Morgan fingerprint density at radius 3 is 2.67 bits per heavy atom. The second-order valence-corrected chi connectivity index (χ2v) is 6.80. The summed E-state index contributed by atoms with van der Waals surface area (Å²) in [6, 6.07) is 8.21. The zero-order valence-corrected chi connectivity index (χ0v) is 13.3. The van der Waals surface area contributed by atoms with E-state index in [1.807, 2.05) is 45.9 Å². The molecule has 1 heterocycles. The van der Waals surface area contributed by atoms with Crippen molar-refractivity contribution in [1.29, 1.82) is 0 Å². The Kier molecular flexibility index (Phi) is 4.57. The minimum absolute atomic E-state index is 0.0867. The number of hydrogen-bond acceptors (Lipinski definition) is 3. The lowest BCUT2D eigenvalue weighted by atomic mass is 9.86. The molecule has 0 spiro atoms. The van der Waals surface area contributed by atoms with Gasteiger partial charge in [0.25, 0.3) is 0 Å². The second-order valence-electron chi connectivity index (χ2n) is 6.80. The predicted molar refractivity (Wildman–Crippen MR) is 82.4 cm³/mol. The molecule has 0 radical (unpaired) electrons. The maximum Gasteiger partial charge on any atom is 0.410 e. The number of amides is 1. The Morgan fingerprint density at radius 1 is 1.38 bits per heavy atom. The highest BCUT2D eigenvalue weighted by Crippen LogP contribution is 2.29. The van der Waals surface area contributed by atoms with E-state index in [2.05, 4.69) is 6.07 Å². The number of ether oxygens (including phenoxy) is 1. The summed E-state index contributed by atoms with van der Waals surface area (Å²) in [6.07, 6.45) is -0.138. The largest absolute Gasteiger partial charge is 0.444 e. The first-order chi connectivity index (χ1) is 9.76. The van der Waals surface area contributed by atoms with Crippen molar-refractivity contribution in [3.63, 3.8) is 0 Å². The Bertz CT molecular complexity index is 507. The van der Waals surface area contributed by atoms with Crippen LogP contribution < -0.4 is 0 Å². The second kappa shape index (κ2) is 6.06. The van der Waals surface area contributed by atoms with Gasteiger partial charge in [-0.25, -0.2) is 4.79 Å². The molecule has 1 saturated heterocycles. The standard InChI is InChI=1S/C17H25NO3/c1-12-6-5-7-13(10-12)14-8-9-18(11-15(14)19)16(20)21-17(2,3)4/h5-7,10,14-15,19H,8-9,11H2,1-4H3/t14-,15+/m0/s1. The molecular formula is C17H25NO3. The third kappa shape index (κ3) is 4.21. The minimum atomic E-state index is -0.548. The number of carbonyl (C=O) groups is 1. The van der Waals surface area contributed by atoms with Gasteiger partial charge in [0, 0.05) is 12.5 Å². The lowest BCUT2D eigenvalue weighted by Crippen LogP contribution is -2.47. The van der Waals surface area contributed by atoms with Crippen LogP contribution in [0.3, 0.4) is 0 Å².